The molecule has 4 N–H and O–H groups in total. The molecule has 0 aliphatic carbocycles. The summed E-state index contributed by atoms with van der Waals surface area (Å²) in [7, 11) is 1.78. The lowest BCUT2D eigenvalue weighted by Gasteiger charge is -2.09. The number of nitrogens with one attached hydrogen (secondary N) is 2. The largest absolute Gasteiger partial charge is 0.332 e. The molecule has 0 fully saturated rings. The molecule has 0 aromatic carbocycles. The Labute approximate surface area is 137 Å². The summed E-state index contributed by atoms with van der Waals surface area (Å²) in [6, 6.07) is 1.73. The van der Waals surface area contributed by atoms with Gasteiger partial charge in [-0.3, -0.25) is 19.7 Å². The van der Waals surface area contributed by atoms with Crippen LogP contribution in [0.4, 0.5) is 5.82 Å². The van der Waals surface area contributed by atoms with E-state index in [1.54, 1.807) is 22.4 Å². The maximum Gasteiger partial charge on any atom is 0.332 e. The van der Waals surface area contributed by atoms with Crippen molar-refractivity contribution in [2.45, 2.75) is 39.8 Å². The number of nitrogens with zero attached hydrogens (tertiary/aromatic N) is 4. The molecule has 3 aromatic rings. The third-order valence-electron chi connectivity index (χ3n) is 3.98. The van der Waals surface area contributed by atoms with E-state index >= 15 is 0 Å². The zero-order valence-electron chi connectivity index (χ0n) is 14.1. The molecule has 3 rings (SSSR count). The number of hydrogen-bond acceptors (Lipinski definition) is 4. The molecular weight excluding hydrogens is 310 g/mol. The van der Waals surface area contributed by atoms with E-state index in [4.69, 9.17) is 5.73 Å². The van der Waals surface area contributed by atoms with Crippen molar-refractivity contribution in [1.29, 1.82) is 0 Å². The van der Waals surface area contributed by atoms with Gasteiger partial charge in [0.05, 0.1) is 6.07 Å². The van der Waals surface area contributed by atoms with Crippen molar-refractivity contribution in [3.05, 3.63) is 26.9 Å². The zero-order chi connectivity index (χ0) is 17.4. The Morgan fingerprint density at radius 2 is 1.88 bits per heavy atom. The fraction of sp³-hybridized carbons (Fsp3) is 0.467. The Balaban J connectivity index is 2.31. The van der Waals surface area contributed by atoms with Crippen molar-refractivity contribution in [2.75, 3.05) is 5.73 Å². The van der Waals surface area contributed by atoms with Crippen molar-refractivity contribution >= 4 is 17.0 Å². The number of rotatable bonds is 5. The summed E-state index contributed by atoms with van der Waals surface area (Å²) in [5, 5.41) is 3.05. The van der Waals surface area contributed by atoms with Crippen LogP contribution in [0.5, 0.6) is 0 Å². The molecule has 0 atom stereocenters. The molecule has 9 nitrogen and oxygen atoms in total. The standard InChI is InChI=1S/C15H21N7O2/c1-4-6-21-13-11(14(23)22(7-5-2)15(21)24)17-12(18-13)9-8-10(16)20(3)19-9/h8H,4-7H2,1-3H3,(H3,16,17,18,19,23)/p+1. The van der Waals surface area contributed by atoms with Crippen molar-refractivity contribution in [2.24, 2.45) is 7.05 Å². The van der Waals surface area contributed by atoms with E-state index in [1.165, 1.54) is 4.57 Å². The van der Waals surface area contributed by atoms with Crippen LogP contribution in [-0.4, -0.2) is 24.2 Å². The van der Waals surface area contributed by atoms with Crippen LogP contribution in [0, 0.1) is 0 Å². The molecule has 0 unspecified atom stereocenters. The SMILES string of the molecule is CCCn1c(=O)c2[nH]c(-c3cc(N)[n+](C)[nH]3)nc2n(CCC)c1=O. The Bertz CT molecular complexity index is 986. The fourth-order valence-corrected chi connectivity index (χ4v) is 2.78. The van der Waals surface area contributed by atoms with E-state index in [9.17, 15) is 9.59 Å². The number of aryl methyl sites for hydroxylation is 2. The Hall–Kier alpha value is -2.84. The molecule has 128 valence electrons. The first-order chi connectivity index (χ1) is 11.5. The van der Waals surface area contributed by atoms with Crippen LogP contribution in [0.25, 0.3) is 22.7 Å². The number of aromatic amines is 2. The summed E-state index contributed by atoms with van der Waals surface area (Å²) in [6.45, 7) is 4.80. The second-order valence-corrected chi connectivity index (χ2v) is 5.83. The quantitative estimate of drug-likeness (QED) is 0.575. The first kappa shape index (κ1) is 16.0. The van der Waals surface area contributed by atoms with Crippen LogP contribution in [0.15, 0.2) is 15.7 Å². The number of fused-ring (bicyclic) bond motifs is 1. The lowest BCUT2D eigenvalue weighted by molar-refractivity contribution is -0.712. The summed E-state index contributed by atoms with van der Waals surface area (Å²) >= 11 is 0. The van der Waals surface area contributed by atoms with Crippen LogP contribution in [0.2, 0.25) is 0 Å². The monoisotopic (exact) mass is 332 g/mol. The third kappa shape index (κ3) is 2.41. The topological polar surface area (TPSA) is 118 Å². The maximum atomic E-state index is 12.7. The predicted octanol–water partition coefficient (Wildman–Crippen LogP) is 0.108. The van der Waals surface area contributed by atoms with Crippen LogP contribution >= 0.6 is 0 Å². The highest BCUT2D eigenvalue weighted by atomic mass is 16.2. The van der Waals surface area contributed by atoms with Gasteiger partial charge in [0, 0.05) is 13.1 Å². The molecule has 0 aliphatic rings. The lowest BCUT2D eigenvalue weighted by atomic mass is 10.4. The molecule has 3 heterocycles. The smallest absolute Gasteiger partial charge is 0.331 e. The second kappa shape index (κ2) is 5.99. The minimum Gasteiger partial charge on any atom is -0.331 e. The number of imidazole rings is 1. The first-order valence-corrected chi connectivity index (χ1v) is 8.06. The zero-order valence-corrected chi connectivity index (χ0v) is 14.1. The van der Waals surface area contributed by atoms with Gasteiger partial charge in [-0.05, 0) is 12.8 Å². The molecule has 0 aliphatic heterocycles. The van der Waals surface area contributed by atoms with Gasteiger partial charge < -0.3 is 4.98 Å². The van der Waals surface area contributed by atoms with Gasteiger partial charge in [0.2, 0.25) is 0 Å². The number of hydrogen-bond donors (Lipinski definition) is 3. The Kier molecular flexibility index (Phi) is 4.00. The Morgan fingerprint density at radius 1 is 1.21 bits per heavy atom. The second-order valence-electron chi connectivity index (χ2n) is 5.83. The van der Waals surface area contributed by atoms with E-state index < -0.39 is 0 Å². The highest BCUT2D eigenvalue weighted by Crippen LogP contribution is 2.17. The van der Waals surface area contributed by atoms with E-state index in [0.717, 1.165) is 6.42 Å². The summed E-state index contributed by atoms with van der Waals surface area (Å²) in [5.41, 5.74) is 6.55. The van der Waals surface area contributed by atoms with E-state index in [0.29, 0.717) is 48.0 Å². The summed E-state index contributed by atoms with van der Waals surface area (Å²) in [6.07, 6.45) is 1.47. The maximum absolute atomic E-state index is 12.7. The highest BCUT2D eigenvalue weighted by Gasteiger charge is 2.19. The average Bonchev–Trinajstić information content (AvgIpc) is 3.13. The van der Waals surface area contributed by atoms with Gasteiger partial charge in [-0.15, -0.1) is 0 Å². The number of aromatic nitrogens is 6. The average molecular weight is 332 g/mol. The third-order valence-corrected chi connectivity index (χ3v) is 3.98. The number of nitrogen functional groups attached to an aromatic ring is 1. The van der Waals surface area contributed by atoms with E-state index in [1.807, 2.05) is 13.8 Å². The van der Waals surface area contributed by atoms with Gasteiger partial charge in [-0.2, -0.15) is 4.68 Å². The van der Waals surface area contributed by atoms with Crippen molar-refractivity contribution in [3.8, 4) is 11.5 Å². The molecule has 0 saturated carbocycles. The van der Waals surface area contributed by atoms with Gasteiger partial charge in [0.15, 0.2) is 11.5 Å². The van der Waals surface area contributed by atoms with Gasteiger partial charge >= 0.3 is 5.69 Å². The lowest BCUT2D eigenvalue weighted by Crippen LogP contribution is -2.40. The normalized spacial score (nSPS) is 11.5. The van der Waals surface area contributed by atoms with Crippen LogP contribution < -0.4 is 21.7 Å². The van der Waals surface area contributed by atoms with Crippen molar-refractivity contribution in [3.63, 3.8) is 0 Å². The molecule has 3 aromatic heterocycles. The van der Waals surface area contributed by atoms with E-state index in [2.05, 4.69) is 15.1 Å². The summed E-state index contributed by atoms with van der Waals surface area (Å²) in [4.78, 5) is 32.8. The van der Waals surface area contributed by atoms with Crippen LogP contribution in [0.1, 0.15) is 26.7 Å². The van der Waals surface area contributed by atoms with Gasteiger partial charge in [0.25, 0.3) is 11.4 Å². The Morgan fingerprint density at radius 3 is 2.46 bits per heavy atom. The van der Waals surface area contributed by atoms with Gasteiger partial charge in [-0.1, -0.05) is 13.8 Å². The molecule has 0 amide bonds. The van der Waals surface area contributed by atoms with Crippen molar-refractivity contribution in [1.82, 2.24) is 24.2 Å². The molecule has 0 radical (unpaired) electrons. The van der Waals surface area contributed by atoms with Gasteiger partial charge in [-0.25, -0.2) is 14.9 Å². The van der Waals surface area contributed by atoms with Crippen LogP contribution in [0.3, 0.4) is 0 Å². The molecule has 0 bridgehead atoms. The van der Waals surface area contributed by atoms with Gasteiger partial charge in [0.1, 0.15) is 18.3 Å². The molecule has 0 saturated heterocycles. The first-order valence-electron chi connectivity index (χ1n) is 8.06. The summed E-state index contributed by atoms with van der Waals surface area (Å²) < 4.78 is 4.47. The van der Waals surface area contributed by atoms with Crippen molar-refractivity contribution < 1.29 is 4.68 Å². The molecular formula is C15H22N7O2+. The van der Waals surface area contributed by atoms with E-state index in [-0.39, 0.29) is 11.2 Å². The summed E-state index contributed by atoms with van der Waals surface area (Å²) in [5.74, 6) is 1.02. The van der Waals surface area contributed by atoms with Crippen LogP contribution in [-0.2, 0) is 20.1 Å². The molecule has 0 spiro atoms. The fourth-order valence-electron chi connectivity index (χ4n) is 2.78. The molecule has 9 heteroatoms. The minimum absolute atomic E-state index is 0.314. The highest BCUT2D eigenvalue weighted by molar-refractivity contribution is 5.74. The number of nitrogens with two attached hydrogens (primary N) is 1. The minimum atomic E-state index is -0.341. The number of anilines is 1. The predicted molar refractivity (Wildman–Crippen MR) is 90.6 cm³/mol. The number of H-pyrrole nitrogens is 2. The molecule has 24 heavy (non-hydrogen) atoms.